The Labute approximate surface area is 172 Å². The van der Waals surface area contributed by atoms with Crippen LogP contribution in [0.1, 0.15) is 29.2 Å². The van der Waals surface area contributed by atoms with E-state index >= 15 is 0 Å². The molecule has 0 aliphatic carbocycles. The molecule has 2 aromatic carbocycles. The number of amides is 1. The summed E-state index contributed by atoms with van der Waals surface area (Å²) in [5.41, 5.74) is 11.5. The molecule has 1 amide bonds. The van der Waals surface area contributed by atoms with Gasteiger partial charge in [-0.05, 0) is 55.2 Å². The molecule has 29 heavy (non-hydrogen) atoms. The summed E-state index contributed by atoms with van der Waals surface area (Å²) in [4.78, 5) is 17.4. The molecule has 2 aromatic rings. The number of anilines is 1. The molecule has 2 aliphatic rings. The van der Waals surface area contributed by atoms with Crippen LogP contribution in [0.3, 0.4) is 0 Å². The van der Waals surface area contributed by atoms with Gasteiger partial charge >= 0.3 is 0 Å². The molecular formula is C23H30N4O2. The molecule has 2 unspecified atom stereocenters. The maximum atomic E-state index is 13.0. The number of hydrazine groups is 1. The van der Waals surface area contributed by atoms with E-state index in [-0.39, 0.29) is 18.0 Å². The number of methoxy groups -OCH3 is 1. The van der Waals surface area contributed by atoms with E-state index in [0.717, 1.165) is 43.9 Å². The first-order valence-corrected chi connectivity index (χ1v) is 10.3. The molecule has 2 heterocycles. The fourth-order valence-corrected chi connectivity index (χ4v) is 4.22. The van der Waals surface area contributed by atoms with Crippen molar-refractivity contribution < 1.29 is 9.53 Å². The zero-order valence-electron chi connectivity index (χ0n) is 17.4. The normalized spacial score (nSPS) is 22.0. The molecule has 154 valence electrons. The van der Waals surface area contributed by atoms with Gasteiger partial charge in [-0.15, -0.1) is 0 Å². The topological polar surface area (TPSA) is 56.8 Å². The first-order valence-electron chi connectivity index (χ1n) is 10.3. The van der Waals surface area contributed by atoms with Gasteiger partial charge in [0.2, 0.25) is 5.91 Å². The van der Waals surface area contributed by atoms with Gasteiger partial charge in [0.1, 0.15) is 11.8 Å². The second kappa shape index (κ2) is 8.43. The lowest BCUT2D eigenvalue weighted by molar-refractivity contribution is -0.133. The van der Waals surface area contributed by atoms with Gasteiger partial charge in [-0.2, -0.15) is 0 Å². The van der Waals surface area contributed by atoms with Gasteiger partial charge < -0.3 is 14.5 Å². The van der Waals surface area contributed by atoms with Crippen LogP contribution in [0.15, 0.2) is 42.5 Å². The SMILES string of the molecule is COc1ccc(C2CC(C(=O)N3CCN(c4cc(C)ccc4C)CC3)NN2)cc1. The van der Waals surface area contributed by atoms with Crippen LogP contribution in [-0.4, -0.2) is 50.1 Å². The molecule has 0 spiro atoms. The number of aryl methyl sites for hydroxylation is 2. The summed E-state index contributed by atoms with van der Waals surface area (Å²) < 4.78 is 5.22. The van der Waals surface area contributed by atoms with Crippen LogP contribution < -0.4 is 20.5 Å². The standard InChI is InChI=1S/C23H30N4O2/c1-16-4-5-17(2)22(14-16)26-10-12-27(13-11-26)23(28)21-15-20(24-25-21)18-6-8-19(29-3)9-7-18/h4-9,14,20-21,24-25H,10-13,15H2,1-3H3. The number of carbonyl (C=O) groups excluding carboxylic acids is 1. The van der Waals surface area contributed by atoms with Crippen LogP contribution in [0.5, 0.6) is 5.75 Å². The molecule has 2 fully saturated rings. The number of benzene rings is 2. The van der Waals surface area contributed by atoms with E-state index in [0.29, 0.717) is 0 Å². The first-order chi connectivity index (χ1) is 14.0. The molecule has 0 radical (unpaired) electrons. The molecule has 6 heteroatoms. The summed E-state index contributed by atoms with van der Waals surface area (Å²) in [6.07, 6.45) is 0.752. The van der Waals surface area contributed by atoms with Gasteiger partial charge in [0.15, 0.2) is 0 Å². The van der Waals surface area contributed by atoms with Crippen LogP contribution >= 0.6 is 0 Å². The Morgan fingerprint density at radius 1 is 1.00 bits per heavy atom. The Balaban J connectivity index is 1.33. The Bertz CT molecular complexity index is 860. The Morgan fingerprint density at radius 3 is 2.41 bits per heavy atom. The number of nitrogens with one attached hydrogen (secondary N) is 2. The highest BCUT2D eigenvalue weighted by Crippen LogP contribution is 2.26. The number of piperazine rings is 1. The van der Waals surface area contributed by atoms with Crippen molar-refractivity contribution in [1.82, 2.24) is 15.8 Å². The first kappa shape index (κ1) is 19.7. The van der Waals surface area contributed by atoms with Gasteiger partial charge in [-0.3, -0.25) is 4.79 Å². The van der Waals surface area contributed by atoms with Crippen LogP contribution in [0, 0.1) is 13.8 Å². The molecular weight excluding hydrogens is 364 g/mol. The summed E-state index contributed by atoms with van der Waals surface area (Å²) >= 11 is 0. The fraction of sp³-hybridized carbons (Fsp3) is 0.435. The van der Waals surface area contributed by atoms with E-state index in [2.05, 4.69) is 47.8 Å². The Morgan fingerprint density at radius 2 is 1.72 bits per heavy atom. The highest BCUT2D eigenvalue weighted by atomic mass is 16.5. The number of rotatable bonds is 4. The molecule has 4 rings (SSSR count). The van der Waals surface area contributed by atoms with Gasteiger partial charge in [-0.25, -0.2) is 10.9 Å². The lowest BCUT2D eigenvalue weighted by atomic mass is 10.0. The number of carbonyl (C=O) groups is 1. The summed E-state index contributed by atoms with van der Waals surface area (Å²) in [5, 5.41) is 0. The summed E-state index contributed by atoms with van der Waals surface area (Å²) in [6.45, 7) is 7.55. The predicted molar refractivity (Wildman–Crippen MR) is 115 cm³/mol. The van der Waals surface area contributed by atoms with Crippen molar-refractivity contribution in [3.63, 3.8) is 0 Å². The second-order valence-corrected chi connectivity index (χ2v) is 8.00. The molecule has 0 bridgehead atoms. The van der Waals surface area contributed by atoms with E-state index in [4.69, 9.17) is 4.74 Å². The lowest BCUT2D eigenvalue weighted by Crippen LogP contribution is -2.53. The third-order valence-electron chi connectivity index (χ3n) is 6.02. The number of hydrogen-bond donors (Lipinski definition) is 2. The van der Waals surface area contributed by atoms with E-state index in [1.165, 1.54) is 16.8 Å². The van der Waals surface area contributed by atoms with Crippen molar-refractivity contribution in [3.05, 3.63) is 59.2 Å². The molecule has 2 saturated heterocycles. The molecule has 0 saturated carbocycles. The quantitative estimate of drug-likeness (QED) is 0.835. The summed E-state index contributed by atoms with van der Waals surface area (Å²) in [7, 11) is 1.67. The fourth-order valence-electron chi connectivity index (χ4n) is 4.22. The van der Waals surface area contributed by atoms with Gasteiger partial charge in [0.05, 0.1) is 7.11 Å². The number of hydrogen-bond acceptors (Lipinski definition) is 5. The van der Waals surface area contributed by atoms with Crippen molar-refractivity contribution in [1.29, 1.82) is 0 Å². The Kier molecular flexibility index (Phi) is 5.74. The third-order valence-corrected chi connectivity index (χ3v) is 6.02. The predicted octanol–water partition coefficient (Wildman–Crippen LogP) is 2.57. The zero-order chi connectivity index (χ0) is 20.4. The molecule has 2 N–H and O–H groups in total. The van der Waals surface area contributed by atoms with Crippen molar-refractivity contribution >= 4 is 11.6 Å². The van der Waals surface area contributed by atoms with Crippen molar-refractivity contribution in [2.24, 2.45) is 0 Å². The number of nitrogens with zero attached hydrogens (tertiary/aromatic N) is 2. The highest BCUT2D eigenvalue weighted by Gasteiger charge is 2.34. The van der Waals surface area contributed by atoms with E-state index in [1.54, 1.807) is 7.11 Å². The molecule has 2 atom stereocenters. The van der Waals surface area contributed by atoms with Crippen molar-refractivity contribution in [3.8, 4) is 5.75 Å². The Hall–Kier alpha value is -2.57. The highest BCUT2D eigenvalue weighted by molar-refractivity contribution is 5.82. The van der Waals surface area contributed by atoms with E-state index in [1.807, 2.05) is 29.2 Å². The lowest BCUT2D eigenvalue weighted by Gasteiger charge is -2.37. The second-order valence-electron chi connectivity index (χ2n) is 8.00. The number of ether oxygens (including phenoxy) is 1. The smallest absolute Gasteiger partial charge is 0.241 e. The van der Waals surface area contributed by atoms with Gasteiger partial charge in [0, 0.05) is 37.9 Å². The van der Waals surface area contributed by atoms with Crippen LogP contribution in [0.4, 0.5) is 5.69 Å². The minimum atomic E-state index is -0.186. The average molecular weight is 395 g/mol. The molecule has 6 nitrogen and oxygen atoms in total. The molecule has 2 aliphatic heterocycles. The van der Waals surface area contributed by atoms with Crippen LogP contribution in [0.2, 0.25) is 0 Å². The van der Waals surface area contributed by atoms with Crippen LogP contribution in [-0.2, 0) is 4.79 Å². The van der Waals surface area contributed by atoms with Crippen molar-refractivity contribution in [2.45, 2.75) is 32.4 Å². The van der Waals surface area contributed by atoms with Crippen LogP contribution in [0.25, 0.3) is 0 Å². The monoisotopic (exact) mass is 394 g/mol. The maximum Gasteiger partial charge on any atom is 0.241 e. The maximum absolute atomic E-state index is 13.0. The van der Waals surface area contributed by atoms with E-state index in [9.17, 15) is 4.79 Å². The molecule has 0 aromatic heterocycles. The largest absolute Gasteiger partial charge is 0.497 e. The van der Waals surface area contributed by atoms with E-state index < -0.39 is 0 Å². The average Bonchev–Trinajstić information content (AvgIpc) is 3.25. The summed E-state index contributed by atoms with van der Waals surface area (Å²) in [6, 6.07) is 14.5. The summed E-state index contributed by atoms with van der Waals surface area (Å²) in [5.74, 6) is 1.03. The minimum absolute atomic E-state index is 0.131. The zero-order valence-corrected chi connectivity index (χ0v) is 17.4. The third kappa shape index (κ3) is 4.23. The van der Waals surface area contributed by atoms with Gasteiger partial charge in [-0.1, -0.05) is 24.3 Å². The minimum Gasteiger partial charge on any atom is -0.497 e. The van der Waals surface area contributed by atoms with Gasteiger partial charge in [0.25, 0.3) is 0 Å². The van der Waals surface area contributed by atoms with Crippen molar-refractivity contribution in [2.75, 3.05) is 38.2 Å².